The fourth-order valence-corrected chi connectivity index (χ4v) is 3.58. The second-order valence-corrected chi connectivity index (χ2v) is 7.66. The number of carbonyl (C=O) groups is 1. The third kappa shape index (κ3) is 7.41. The summed E-state index contributed by atoms with van der Waals surface area (Å²) in [4.78, 5) is 19.0. The van der Waals surface area contributed by atoms with E-state index in [-0.39, 0.29) is 29.9 Å². The van der Waals surface area contributed by atoms with Gasteiger partial charge in [-0.05, 0) is 57.0 Å². The summed E-state index contributed by atoms with van der Waals surface area (Å²) in [5, 5.41) is 9.74. The summed E-state index contributed by atoms with van der Waals surface area (Å²) in [6.07, 6.45) is 1.08. The summed E-state index contributed by atoms with van der Waals surface area (Å²) < 4.78 is 0. The van der Waals surface area contributed by atoms with E-state index >= 15 is 0 Å². The van der Waals surface area contributed by atoms with Gasteiger partial charge in [-0.1, -0.05) is 29.8 Å². The first-order valence-corrected chi connectivity index (χ1v) is 10.8. The molecule has 6 nitrogen and oxygen atoms in total. The number of aliphatic imine (C=N–C) groups is 1. The first kappa shape index (κ1) is 25.0. The highest BCUT2D eigenvalue weighted by Crippen LogP contribution is 2.20. The molecule has 7 heteroatoms. The molecule has 31 heavy (non-hydrogen) atoms. The maximum Gasteiger partial charge on any atom is 0.251 e. The van der Waals surface area contributed by atoms with Gasteiger partial charge in [0.2, 0.25) is 0 Å². The standard InChI is InChI=1S/C24H33N5O.HI/c1-4-25-23(30)20-10-8-19(9-11-20)16-27-24(26-5-2)28-21-14-15-29(17-21)22-12-6-18(3)7-13-22;/h6-13,21H,4-5,14-17H2,1-3H3,(H,25,30)(H2,26,27,28);1H. The zero-order valence-electron chi connectivity index (χ0n) is 18.6. The van der Waals surface area contributed by atoms with Gasteiger partial charge in [-0.3, -0.25) is 4.79 Å². The molecular formula is C24H34IN5O. The van der Waals surface area contributed by atoms with Gasteiger partial charge in [0.25, 0.3) is 5.91 Å². The number of nitrogens with one attached hydrogen (secondary N) is 3. The zero-order valence-corrected chi connectivity index (χ0v) is 21.0. The Kier molecular flexibility index (Phi) is 10.1. The van der Waals surface area contributed by atoms with Gasteiger partial charge >= 0.3 is 0 Å². The summed E-state index contributed by atoms with van der Waals surface area (Å²) in [7, 11) is 0. The number of anilines is 1. The average Bonchev–Trinajstić information content (AvgIpc) is 3.22. The third-order valence-electron chi connectivity index (χ3n) is 5.25. The Labute approximate surface area is 202 Å². The Bertz CT molecular complexity index is 851. The Balaban J connectivity index is 0.00000341. The molecule has 0 spiro atoms. The minimum atomic E-state index is -0.0399. The van der Waals surface area contributed by atoms with Crippen molar-refractivity contribution >= 4 is 41.5 Å². The van der Waals surface area contributed by atoms with Gasteiger partial charge in [0.05, 0.1) is 6.54 Å². The number of benzene rings is 2. The molecule has 1 fully saturated rings. The number of nitrogens with zero attached hydrogens (tertiary/aromatic N) is 2. The molecule has 1 aliphatic rings. The van der Waals surface area contributed by atoms with Crippen LogP contribution in [0.4, 0.5) is 5.69 Å². The number of hydrogen-bond acceptors (Lipinski definition) is 3. The quantitative estimate of drug-likeness (QED) is 0.288. The van der Waals surface area contributed by atoms with E-state index in [0.29, 0.717) is 24.7 Å². The van der Waals surface area contributed by atoms with E-state index in [1.54, 1.807) is 0 Å². The van der Waals surface area contributed by atoms with Gasteiger partial charge in [0.1, 0.15) is 0 Å². The van der Waals surface area contributed by atoms with Crippen LogP contribution in [-0.2, 0) is 6.54 Å². The van der Waals surface area contributed by atoms with Crippen molar-refractivity contribution in [2.75, 3.05) is 31.1 Å². The molecule has 0 aromatic heterocycles. The number of carbonyl (C=O) groups excluding carboxylic acids is 1. The lowest BCUT2D eigenvalue weighted by molar-refractivity contribution is 0.0956. The van der Waals surface area contributed by atoms with Gasteiger partial charge in [0, 0.05) is 43.5 Å². The Hall–Kier alpha value is -2.29. The number of aryl methyl sites for hydroxylation is 1. The highest BCUT2D eigenvalue weighted by Gasteiger charge is 2.23. The van der Waals surface area contributed by atoms with Crippen molar-refractivity contribution in [3.8, 4) is 0 Å². The topological polar surface area (TPSA) is 68.8 Å². The maximum atomic E-state index is 11.9. The van der Waals surface area contributed by atoms with Crippen molar-refractivity contribution in [2.24, 2.45) is 4.99 Å². The van der Waals surface area contributed by atoms with E-state index in [2.05, 4.69) is 59.0 Å². The van der Waals surface area contributed by atoms with Crippen LogP contribution in [0.5, 0.6) is 0 Å². The van der Waals surface area contributed by atoms with Crippen LogP contribution in [0.2, 0.25) is 0 Å². The minimum Gasteiger partial charge on any atom is -0.369 e. The van der Waals surface area contributed by atoms with Gasteiger partial charge < -0.3 is 20.9 Å². The van der Waals surface area contributed by atoms with Crippen molar-refractivity contribution < 1.29 is 4.79 Å². The summed E-state index contributed by atoms with van der Waals surface area (Å²) in [5.41, 5.74) is 4.32. The van der Waals surface area contributed by atoms with E-state index in [0.717, 1.165) is 37.6 Å². The summed E-state index contributed by atoms with van der Waals surface area (Å²) in [5.74, 6) is 0.794. The predicted octanol–water partition coefficient (Wildman–Crippen LogP) is 3.70. The third-order valence-corrected chi connectivity index (χ3v) is 5.25. The fraction of sp³-hybridized carbons (Fsp3) is 0.417. The van der Waals surface area contributed by atoms with E-state index in [1.807, 2.05) is 31.2 Å². The lowest BCUT2D eigenvalue weighted by Gasteiger charge is -2.20. The monoisotopic (exact) mass is 535 g/mol. The van der Waals surface area contributed by atoms with Crippen LogP contribution in [0.3, 0.4) is 0 Å². The van der Waals surface area contributed by atoms with E-state index in [4.69, 9.17) is 4.99 Å². The molecule has 3 rings (SSSR count). The summed E-state index contributed by atoms with van der Waals surface area (Å²) in [6, 6.07) is 16.7. The lowest BCUT2D eigenvalue weighted by atomic mass is 10.1. The van der Waals surface area contributed by atoms with Crippen LogP contribution in [-0.4, -0.2) is 44.1 Å². The van der Waals surface area contributed by atoms with Crippen molar-refractivity contribution in [3.05, 3.63) is 65.2 Å². The average molecular weight is 535 g/mol. The second kappa shape index (κ2) is 12.5. The van der Waals surface area contributed by atoms with Crippen molar-refractivity contribution in [2.45, 2.75) is 39.8 Å². The highest BCUT2D eigenvalue weighted by molar-refractivity contribution is 14.0. The first-order valence-electron chi connectivity index (χ1n) is 10.8. The Morgan fingerprint density at radius 2 is 1.71 bits per heavy atom. The second-order valence-electron chi connectivity index (χ2n) is 7.66. The molecule has 168 valence electrons. The van der Waals surface area contributed by atoms with E-state index < -0.39 is 0 Å². The Morgan fingerprint density at radius 1 is 1.03 bits per heavy atom. The molecule has 1 heterocycles. The molecule has 0 radical (unpaired) electrons. The largest absolute Gasteiger partial charge is 0.369 e. The van der Waals surface area contributed by atoms with Gasteiger partial charge in [0.15, 0.2) is 5.96 Å². The lowest BCUT2D eigenvalue weighted by Crippen LogP contribution is -2.44. The van der Waals surface area contributed by atoms with Crippen LogP contribution in [0.25, 0.3) is 0 Å². The SMILES string of the molecule is CCNC(=O)c1ccc(CN=C(NCC)NC2CCN(c3ccc(C)cc3)C2)cc1.I. The molecule has 2 aromatic carbocycles. The molecule has 1 unspecified atom stereocenters. The van der Waals surface area contributed by atoms with Gasteiger partial charge in [-0.15, -0.1) is 24.0 Å². The minimum absolute atomic E-state index is 0. The van der Waals surface area contributed by atoms with Crippen LogP contribution >= 0.6 is 24.0 Å². The van der Waals surface area contributed by atoms with Crippen molar-refractivity contribution in [1.82, 2.24) is 16.0 Å². The van der Waals surface area contributed by atoms with Gasteiger partial charge in [-0.2, -0.15) is 0 Å². The van der Waals surface area contributed by atoms with E-state index in [1.165, 1.54) is 11.3 Å². The van der Waals surface area contributed by atoms with Crippen molar-refractivity contribution in [3.63, 3.8) is 0 Å². The van der Waals surface area contributed by atoms with E-state index in [9.17, 15) is 4.79 Å². The van der Waals surface area contributed by atoms with Crippen LogP contribution in [0, 0.1) is 6.92 Å². The number of hydrogen-bond donors (Lipinski definition) is 3. The smallest absolute Gasteiger partial charge is 0.251 e. The summed E-state index contributed by atoms with van der Waals surface area (Å²) >= 11 is 0. The van der Waals surface area contributed by atoms with Gasteiger partial charge in [-0.25, -0.2) is 4.99 Å². The number of halogens is 1. The molecule has 2 aromatic rings. The normalized spacial score (nSPS) is 15.9. The molecular weight excluding hydrogens is 501 g/mol. The maximum absolute atomic E-state index is 11.9. The number of amides is 1. The predicted molar refractivity (Wildman–Crippen MR) is 140 cm³/mol. The number of rotatable bonds is 7. The van der Waals surface area contributed by atoms with Crippen LogP contribution in [0.15, 0.2) is 53.5 Å². The fourth-order valence-electron chi connectivity index (χ4n) is 3.58. The first-order chi connectivity index (χ1) is 14.6. The zero-order chi connectivity index (χ0) is 21.3. The van der Waals surface area contributed by atoms with Crippen LogP contribution < -0.4 is 20.9 Å². The molecule has 0 bridgehead atoms. The molecule has 1 amide bonds. The van der Waals surface area contributed by atoms with Crippen molar-refractivity contribution in [1.29, 1.82) is 0 Å². The van der Waals surface area contributed by atoms with Crippen LogP contribution in [0.1, 0.15) is 41.8 Å². The Morgan fingerprint density at radius 3 is 2.35 bits per heavy atom. The molecule has 1 aliphatic heterocycles. The molecule has 3 N–H and O–H groups in total. The molecule has 0 aliphatic carbocycles. The number of guanidine groups is 1. The summed E-state index contributed by atoms with van der Waals surface area (Å²) in [6.45, 7) is 10.1. The highest BCUT2D eigenvalue weighted by atomic mass is 127. The molecule has 0 saturated carbocycles. The molecule has 1 atom stereocenters. The molecule has 1 saturated heterocycles.